The second kappa shape index (κ2) is 7.61. The topological polar surface area (TPSA) is 76.4 Å². The van der Waals surface area contributed by atoms with E-state index in [1.165, 1.54) is 0 Å². The fourth-order valence-corrected chi connectivity index (χ4v) is 2.03. The summed E-state index contributed by atoms with van der Waals surface area (Å²) in [5.41, 5.74) is 1.49. The van der Waals surface area contributed by atoms with Crippen LogP contribution in [-0.2, 0) is 4.74 Å². The third kappa shape index (κ3) is 4.33. The number of amides is 2. The molecule has 0 saturated carbocycles. The van der Waals surface area contributed by atoms with Crippen molar-refractivity contribution in [3.8, 4) is 11.5 Å². The van der Waals surface area contributed by atoms with Gasteiger partial charge in [-0.1, -0.05) is 13.0 Å². The van der Waals surface area contributed by atoms with Crippen molar-refractivity contribution in [1.29, 1.82) is 0 Å². The predicted octanol–water partition coefficient (Wildman–Crippen LogP) is 3.20. The molecule has 0 spiro atoms. The van der Waals surface area contributed by atoms with Crippen LogP contribution in [0.2, 0.25) is 0 Å². The average molecular weight is 303 g/mol. The second-order valence-corrected chi connectivity index (χ2v) is 5.02. The zero-order valence-corrected chi connectivity index (χ0v) is 13.1. The summed E-state index contributed by atoms with van der Waals surface area (Å²) in [6, 6.07) is 7.09. The number of ether oxygens (including phenoxy) is 1. The van der Waals surface area contributed by atoms with Crippen LogP contribution < -0.4 is 10.6 Å². The number of carbonyl (C=O) groups is 1. The summed E-state index contributed by atoms with van der Waals surface area (Å²) in [4.78, 5) is 16.2. The summed E-state index contributed by atoms with van der Waals surface area (Å²) in [7, 11) is 1.62. The maximum Gasteiger partial charge on any atom is 0.319 e. The smallest absolute Gasteiger partial charge is 0.319 e. The van der Waals surface area contributed by atoms with Gasteiger partial charge in [-0.3, -0.25) is 0 Å². The molecule has 0 aliphatic carbocycles. The standard InChI is InChI=1S/C16H21N3O3/c1-4-13(10-21-3)18-16(20)19-14-7-5-6-12(8-14)15-17-9-11(2)22-15/h5-9,13H,4,10H2,1-3H3,(H2,18,19,20)/t13-/m1/s1. The highest BCUT2D eigenvalue weighted by Gasteiger charge is 2.11. The molecule has 1 atom stereocenters. The SMILES string of the molecule is CC[C@H](COC)NC(=O)Nc1cccc(-c2ncc(C)o2)c1. The van der Waals surface area contributed by atoms with E-state index < -0.39 is 0 Å². The minimum Gasteiger partial charge on any atom is -0.441 e. The summed E-state index contributed by atoms with van der Waals surface area (Å²) in [5.74, 6) is 1.28. The van der Waals surface area contributed by atoms with Gasteiger partial charge in [0.2, 0.25) is 5.89 Å². The van der Waals surface area contributed by atoms with E-state index in [0.29, 0.717) is 18.2 Å². The van der Waals surface area contributed by atoms with E-state index in [-0.39, 0.29) is 12.1 Å². The molecule has 0 fully saturated rings. The van der Waals surface area contributed by atoms with Gasteiger partial charge in [0.1, 0.15) is 5.76 Å². The van der Waals surface area contributed by atoms with Gasteiger partial charge >= 0.3 is 6.03 Å². The van der Waals surface area contributed by atoms with Crippen LogP contribution in [0.4, 0.5) is 10.5 Å². The number of aromatic nitrogens is 1. The molecule has 118 valence electrons. The van der Waals surface area contributed by atoms with Crippen molar-refractivity contribution in [2.45, 2.75) is 26.3 Å². The van der Waals surface area contributed by atoms with Gasteiger partial charge in [-0.2, -0.15) is 0 Å². The maximum atomic E-state index is 12.0. The summed E-state index contributed by atoms with van der Waals surface area (Å²) < 4.78 is 10.5. The summed E-state index contributed by atoms with van der Waals surface area (Å²) in [6.45, 7) is 4.32. The number of nitrogens with zero attached hydrogens (tertiary/aromatic N) is 1. The molecule has 22 heavy (non-hydrogen) atoms. The van der Waals surface area contributed by atoms with E-state index >= 15 is 0 Å². The van der Waals surface area contributed by atoms with Crippen LogP contribution in [0.1, 0.15) is 19.1 Å². The number of methoxy groups -OCH3 is 1. The van der Waals surface area contributed by atoms with Crippen LogP contribution >= 0.6 is 0 Å². The zero-order chi connectivity index (χ0) is 15.9. The van der Waals surface area contributed by atoms with E-state index in [2.05, 4.69) is 15.6 Å². The maximum absolute atomic E-state index is 12.0. The van der Waals surface area contributed by atoms with E-state index in [9.17, 15) is 4.79 Å². The molecule has 2 N–H and O–H groups in total. The molecule has 1 heterocycles. The largest absolute Gasteiger partial charge is 0.441 e. The normalized spacial score (nSPS) is 12.0. The molecule has 0 bridgehead atoms. The third-order valence-corrected chi connectivity index (χ3v) is 3.18. The summed E-state index contributed by atoms with van der Waals surface area (Å²) in [5, 5.41) is 5.67. The molecule has 0 aliphatic heterocycles. The van der Waals surface area contributed by atoms with Gasteiger partial charge in [-0.25, -0.2) is 9.78 Å². The number of urea groups is 1. The van der Waals surface area contributed by atoms with Crippen molar-refractivity contribution in [1.82, 2.24) is 10.3 Å². The number of carbonyl (C=O) groups excluding carboxylic acids is 1. The van der Waals surface area contributed by atoms with Gasteiger partial charge < -0.3 is 19.8 Å². The number of aryl methyl sites for hydroxylation is 1. The molecule has 2 rings (SSSR count). The van der Waals surface area contributed by atoms with E-state index in [1.54, 1.807) is 13.3 Å². The summed E-state index contributed by atoms with van der Waals surface area (Å²) >= 11 is 0. The molecular formula is C16H21N3O3. The highest BCUT2D eigenvalue weighted by Crippen LogP contribution is 2.22. The molecule has 6 nitrogen and oxygen atoms in total. The lowest BCUT2D eigenvalue weighted by atomic mass is 10.2. The highest BCUT2D eigenvalue weighted by atomic mass is 16.5. The molecule has 0 radical (unpaired) electrons. The molecule has 2 amide bonds. The van der Waals surface area contributed by atoms with Crippen LogP contribution in [0.15, 0.2) is 34.9 Å². The zero-order valence-electron chi connectivity index (χ0n) is 13.1. The van der Waals surface area contributed by atoms with E-state index in [0.717, 1.165) is 17.7 Å². The Bertz CT molecular complexity index is 625. The predicted molar refractivity (Wildman–Crippen MR) is 84.8 cm³/mol. The first-order valence-electron chi connectivity index (χ1n) is 7.21. The van der Waals surface area contributed by atoms with Crippen molar-refractivity contribution in [3.63, 3.8) is 0 Å². The number of hydrogen-bond acceptors (Lipinski definition) is 4. The summed E-state index contributed by atoms with van der Waals surface area (Å²) in [6.07, 6.45) is 2.47. The number of rotatable bonds is 6. The van der Waals surface area contributed by atoms with Crippen molar-refractivity contribution >= 4 is 11.7 Å². The lowest BCUT2D eigenvalue weighted by Gasteiger charge is -2.16. The molecular weight excluding hydrogens is 282 g/mol. The molecule has 1 aromatic carbocycles. The Kier molecular flexibility index (Phi) is 5.55. The Labute approximate surface area is 129 Å². The van der Waals surface area contributed by atoms with Crippen LogP contribution in [-0.4, -0.2) is 30.8 Å². The number of hydrogen-bond donors (Lipinski definition) is 2. The lowest BCUT2D eigenvalue weighted by Crippen LogP contribution is -2.40. The van der Waals surface area contributed by atoms with Crippen molar-refractivity contribution < 1.29 is 13.9 Å². The number of nitrogens with one attached hydrogen (secondary N) is 2. The first-order chi connectivity index (χ1) is 10.6. The monoisotopic (exact) mass is 303 g/mol. The van der Waals surface area contributed by atoms with Crippen molar-refractivity contribution in [3.05, 3.63) is 36.2 Å². The third-order valence-electron chi connectivity index (χ3n) is 3.18. The van der Waals surface area contributed by atoms with Crippen LogP contribution in [0.25, 0.3) is 11.5 Å². The number of oxazole rings is 1. The van der Waals surface area contributed by atoms with Gasteiger partial charge in [-0.05, 0) is 31.5 Å². The first-order valence-corrected chi connectivity index (χ1v) is 7.21. The number of benzene rings is 1. The van der Waals surface area contributed by atoms with Crippen molar-refractivity contribution in [2.75, 3.05) is 19.0 Å². The molecule has 0 aliphatic rings. The first kappa shape index (κ1) is 16.0. The number of anilines is 1. The Morgan fingerprint density at radius 2 is 2.27 bits per heavy atom. The Morgan fingerprint density at radius 1 is 1.45 bits per heavy atom. The lowest BCUT2D eigenvalue weighted by molar-refractivity contribution is 0.165. The van der Waals surface area contributed by atoms with E-state index in [1.807, 2.05) is 38.1 Å². The van der Waals surface area contributed by atoms with Gasteiger partial charge in [0.25, 0.3) is 0 Å². The highest BCUT2D eigenvalue weighted by molar-refractivity contribution is 5.90. The minimum absolute atomic E-state index is 0.0115. The average Bonchev–Trinajstić information content (AvgIpc) is 2.93. The fourth-order valence-electron chi connectivity index (χ4n) is 2.03. The molecule has 0 unspecified atom stereocenters. The minimum atomic E-state index is -0.260. The molecule has 0 saturated heterocycles. The Morgan fingerprint density at radius 3 is 2.91 bits per heavy atom. The van der Waals surface area contributed by atoms with Gasteiger partial charge in [0.15, 0.2) is 0 Å². The van der Waals surface area contributed by atoms with Crippen LogP contribution in [0.3, 0.4) is 0 Å². The molecule has 6 heteroatoms. The molecule has 2 aromatic rings. The Hall–Kier alpha value is -2.34. The van der Waals surface area contributed by atoms with Gasteiger partial charge in [0.05, 0.1) is 18.8 Å². The van der Waals surface area contributed by atoms with Gasteiger partial charge in [-0.15, -0.1) is 0 Å². The quantitative estimate of drug-likeness (QED) is 0.859. The Balaban J connectivity index is 2.02. The van der Waals surface area contributed by atoms with Crippen LogP contribution in [0.5, 0.6) is 0 Å². The van der Waals surface area contributed by atoms with Gasteiger partial charge in [0, 0.05) is 18.4 Å². The van der Waals surface area contributed by atoms with Crippen molar-refractivity contribution in [2.24, 2.45) is 0 Å². The second-order valence-electron chi connectivity index (χ2n) is 5.02. The fraction of sp³-hybridized carbons (Fsp3) is 0.375. The van der Waals surface area contributed by atoms with E-state index in [4.69, 9.17) is 9.15 Å². The molecule has 1 aromatic heterocycles. The van der Waals surface area contributed by atoms with Crippen LogP contribution in [0, 0.1) is 6.92 Å².